The molecule has 0 spiro atoms. The molecule has 11 nitrogen and oxygen atoms in total. The van der Waals surface area contributed by atoms with Gasteiger partial charge in [0.25, 0.3) is 0 Å². The molecule has 1 N–H and O–H groups in total. The second-order valence-corrected chi connectivity index (χ2v) is 19.2. The molecule has 4 atom stereocenters. The molecule has 1 unspecified atom stereocenters. The third-order valence-corrected chi connectivity index (χ3v) is 14.4. The van der Waals surface area contributed by atoms with Gasteiger partial charge < -0.3 is 19.2 Å². The van der Waals surface area contributed by atoms with E-state index in [2.05, 4.69) is 67.3 Å². The van der Waals surface area contributed by atoms with Crippen LogP contribution in [0.5, 0.6) is 0 Å². The van der Waals surface area contributed by atoms with Crippen LogP contribution in [0.2, 0.25) is 0 Å². The molecule has 1 aromatic carbocycles. The van der Waals surface area contributed by atoms with Crippen molar-refractivity contribution in [1.29, 1.82) is 0 Å². The smallest absolute Gasteiger partial charge is 0.320 e. The molecule has 2 aliphatic carbocycles. The van der Waals surface area contributed by atoms with Crippen molar-refractivity contribution in [3.63, 3.8) is 0 Å². The first kappa shape index (κ1) is 42.7. The number of ketones is 1. The highest BCUT2D eigenvalue weighted by atomic mass is 32.1. The first-order valence-corrected chi connectivity index (χ1v) is 22.7. The second kappa shape index (κ2) is 17.7. The number of likely N-dealkylation sites (N-methyl/N-ethyl adjacent to an activating group) is 1. The summed E-state index contributed by atoms with van der Waals surface area (Å²) >= 11 is 1.52. The number of hydrazine groups is 1. The van der Waals surface area contributed by atoms with Crippen molar-refractivity contribution in [1.82, 2.24) is 34.8 Å². The van der Waals surface area contributed by atoms with E-state index in [9.17, 15) is 19.2 Å². The van der Waals surface area contributed by atoms with Gasteiger partial charge in [0, 0.05) is 98.6 Å². The number of amides is 3. The van der Waals surface area contributed by atoms with Gasteiger partial charge in [0.1, 0.15) is 6.29 Å². The number of nitrogens with one attached hydrogen (secondary N) is 1. The van der Waals surface area contributed by atoms with Gasteiger partial charge in [-0.3, -0.25) is 19.6 Å². The van der Waals surface area contributed by atoms with E-state index in [1.54, 1.807) is 21.9 Å². The third kappa shape index (κ3) is 8.23. The topological polar surface area (TPSA) is 121 Å². The van der Waals surface area contributed by atoms with Crippen LogP contribution in [0.3, 0.4) is 0 Å². The summed E-state index contributed by atoms with van der Waals surface area (Å²) in [5.41, 5.74) is 10.9. The number of pyridine rings is 1. The van der Waals surface area contributed by atoms with Gasteiger partial charge in [-0.25, -0.2) is 15.2 Å². The van der Waals surface area contributed by atoms with E-state index in [1.165, 1.54) is 33.5 Å². The molecule has 4 aromatic rings. The number of hydrogen-bond donors (Lipinski definition) is 1. The number of Topliss-reactive ketones (excluding diaryl/α,β-unsaturated/α-hetero) is 1. The van der Waals surface area contributed by atoms with Crippen molar-refractivity contribution in [2.24, 2.45) is 17.3 Å². The fourth-order valence-corrected chi connectivity index (χ4v) is 11.2. The SMILES string of the molecule is CCn1c2c(c3cc(-c4csc(C[C@H](CC(=O)[C@H](C(C)C)N(C)C(=O)N(C)C5CCC5)C(=O)N5CCCCN5)n4)ccc31)C(C(C)(C)CCC=O)[C@H](C)c1ncccc1-2. The Morgan fingerprint density at radius 1 is 1.10 bits per heavy atom. The largest absolute Gasteiger partial charge is 0.340 e. The molecule has 7 rings (SSSR count). The van der Waals surface area contributed by atoms with E-state index >= 15 is 0 Å². The van der Waals surface area contributed by atoms with E-state index in [-0.39, 0.29) is 53.4 Å². The van der Waals surface area contributed by atoms with Gasteiger partial charge in [0.05, 0.1) is 34.0 Å². The Balaban J connectivity index is 1.21. The van der Waals surface area contributed by atoms with Crippen LogP contribution in [0.1, 0.15) is 121 Å². The zero-order valence-corrected chi connectivity index (χ0v) is 37.1. The van der Waals surface area contributed by atoms with Crippen molar-refractivity contribution in [2.45, 2.75) is 130 Å². The Labute approximate surface area is 353 Å². The number of aldehydes is 1. The number of benzene rings is 1. The predicted octanol–water partition coefficient (Wildman–Crippen LogP) is 8.86. The minimum Gasteiger partial charge on any atom is -0.340 e. The molecule has 3 aromatic heterocycles. The fraction of sp³-hybridized carbons (Fsp3) is 0.574. The molecule has 59 heavy (non-hydrogen) atoms. The van der Waals surface area contributed by atoms with Crippen molar-refractivity contribution in [3.8, 4) is 22.5 Å². The van der Waals surface area contributed by atoms with Crippen LogP contribution in [0.4, 0.5) is 4.79 Å². The molecular weight excluding hydrogens is 759 g/mol. The number of rotatable bonds is 15. The molecule has 0 radical (unpaired) electrons. The third-order valence-electron chi connectivity index (χ3n) is 13.6. The molecule has 1 aliphatic heterocycles. The normalized spacial score (nSPS) is 19.2. The first-order valence-electron chi connectivity index (χ1n) is 21.8. The van der Waals surface area contributed by atoms with Crippen LogP contribution in [0.15, 0.2) is 41.9 Å². The Morgan fingerprint density at radius 3 is 2.54 bits per heavy atom. The number of carbonyl (C=O) groups excluding carboxylic acids is 4. The quantitative estimate of drug-likeness (QED) is 0.119. The summed E-state index contributed by atoms with van der Waals surface area (Å²) in [6, 6.07) is 10.3. The highest BCUT2D eigenvalue weighted by Crippen LogP contribution is 2.57. The van der Waals surface area contributed by atoms with Gasteiger partial charge in [-0.05, 0) is 92.5 Å². The lowest BCUT2D eigenvalue weighted by Gasteiger charge is -2.42. The average Bonchev–Trinajstić information content (AvgIpc) is 3.81. The van der Waals surface area contributed by atoms with Crippen molar-refractivity contribution >= 4 is 46.2 Å². The summed E-state index contributed by atoms with van der Waals surface area (Å²) in [6.07, 6.45) is 9.55. The Bertz CT molecular complexity index is 2180. The van der Waals surface area contributed by atoms with Crippen LogP contribution >= 0.6 is 11.3 Å². The van der Waals surface area contributed by atoms with Gasteiger partial charge in [0.2, 0.25) is 5.91 Å². The van der Waals surface area contributed by atoms with Gasteiger partial charge in [-0.1, -0.05) is 40.7 Å². The van der Waals surface area contributed by atoms with Crippen molar-refractivity contribution in [2.75, 3.05) is 27.2 Å². The predicted molar refractivity (Wildman–Crippen MR) is 235 cm³/mol. The number of nitrogens with zero attached hydrogens (tertiary/aromatic N) is 6. The summed E-state index contributed by atoms with van der Waals surface area (Å²) in [6.45, 7) is 15.1. The number of carbonyl (C=O) groups is 4. The van der Waals surface area contributed by atoms with E-state index in [4.69, 9.17) is 9.97 Å². The summed E-state index contributed by atoms with van der Waals surface area (Å²) in [5, 5.41) is 5.75. The van der Waals surface area contributed by atoms with Gasteiger partial charge in [-0.15, -0.1) is 11.3 Å². The summed E-state index contributed by atoms with van der Waals surface area (Å²) in [5.74, 6) is -0.663. The van der Waals surface area contributed by atoms with Gasteiger partial charge in [-0.2, -0.15) is 0 Å². The summed E-state index contributed by atoms with van der Waals surface area (Å²) in [7, 11) is 3.56. The van der Waals surface area contributed by atoms with E-state index in [0.29, 0.717) is 19.4 Å². The average molecular weight is 822 g/mol. The standard InChI is InChI=1S/C47H63N7O4S/c1-9-53-37-19-18-31(25-35(37)40-41(47(5,6)20-14-24-55)30(4)42-34(44(40)53)17-13-21-48-42)36-28-59-39(50-36)27-32(45(57)54-23-11-10-22-49-54)26-38(56)43(29(2)3)52(8)46(58)51(7)33-15-12-16-33/h13,17-19,21,24-25,28-30,32-33,41,43,49H,9-12,14-16,20,22-23,26-27H2,1-8H3/t30-,32-,41?,43-/m0/s1. The number of fused-ring (bicyclic) bond motifs is 5. The van der Waals surface area contributed by atoms with Crippen molar-refractivity contribution in [3.05, 3.63) is 58.2 Å². The summed E-state index contributed by atoms with van der Waals surface area (Å²) in [4.78, 5) is 67.2. The number of aromatic nitrogens is 3. The molecule has 2 fully saturated rings. The van der Waals surface area contributed by atoms with Crippen molar-refractivity contribution < 1.29 is 19.2 Å². The minimum absolute atomic E-state index is 0.0258. The lowest BCUT2D eigenvalue weighted by Crippen LogP contribution is -2.54. The number of hydrogen-bond acceptors (Lipinski definition) is 8. The van der Waals surface area contributed by atoms with E-state index in [0.717, 1.165) is 85.4 Å². The van der Waals surface area contributed by atoms with Crippen LogP contribution in [0.25, 0.3) is 33.4 Å². The number of aryl methyl sites for hydroxylation is 1. The molecule has 3 aliphatic rings. The second-order valence-electron chi connectivity index (χ2n) is 18.2. The molecule has 4 heterocycles. The zero-order valence-electron chi connectivity index (χ0n) is 36.3. The maximum atomic E-state index is 14.3. The molecule has 0 bridgehead atoms. The van der Waals surface area contributed by atoms with Gasteiger partial charge >= 0.3 is 6.03 Å². The lowest BCUT2D eigenvalue weighted by molar-refractivity contribution is -0.142. The minimum atomic E-state index is -0.646. The molecule has 3 amide bonds. The first-order chi connectivity index (χ1) is 28.3. The number of urea groups is 1. The Hall–Kier alpha value is -4.42. The Kier molecular flexibility index (Phi) is 12.8. The Morgan fingerprint density at radius 2 is 1.88 bits per heavy atom. The molecule has 1 saturated carbocycles. The van der Waals surface area contributed by atoms with Crippen LogP contribution in [-0.4, -0.2) is 92.6 Å². The zero-order chi connectivity index (χ0) is 42.2. The highest BCUT2D eigenvalue weighted by Gasteiger charge is 2.44. The maximum Gasteiger partial charge on any atom is 0.320 e. The molecule has 316 valence electrons. The fourth-order valence-electron chi connectivity index (χ4n) is 10.3. The summed E-state index contributed by atoms with van der Waals surface area (Å²) < 4.78 is 2.42. The number of thiazole rings is 1. The molecule has 1 saturated heterocycles. The van der Waals surface area contributed by atoms with Crippen LogP contribution < -0.4 is 5.43 Å². The van der Waals surface area contributed by atoms with Crippen LogP contribution in [-0.2, 0) is 27.3 Å². The highest BCUT2D eigenvalue weighted by molar-refractivity contribution is 7.10. The molecular formula is C47H63N7O4S. The monoisotopic (exact) mass is 821 g/mol. The van der Waals surface area contributed by atoms with Gasteiger partial charge in [0.15, 0.2) is 5.78 Å². The van der Waals surface area contributed by atoms with E-state index < -0.39 is 12.0 Å². The van der Waals surface area contributed by atoms with Crippen LogP contribution in [0, 0.1) is 17.3 Å². The maximum absolute atomic E-state index is 14.3. The van der Waals surface area contributed by atoms with E-state index in [1.807, 2.05) is 33.2 Å². The molecule has 12 heteroatoms. The lowest BCUT2D eigenvalue weighted by atomic mass is 9.62.